The van der Waals surface area contributed by atoms with Crippen molar-refractivity contribution in [1.29, 1.82) is 0 Å². The van der Waals surface area contributed by atoms with E-state index >= 15 is 0 Å². The van der Waals surface area contributed by atoms with Crippen LogP contribution in [0.3, 0.4) is 0 Å². The second-order valence-electron chi connectivity index (χ2n) is 7.06. The number of fused-ring (bicyclic) bond motifs is 1. The zero-order chi connectivity index (χ0) is 20.1. The van der Waals surface area contributed by atoms with E-state index in [9.17, 15) is 8.42 Å². The largest absolute Gasteiger partial charge is 0.463 e. The smallest absolute Gasteiger partial charge is 0.227 e. The van der Waals surface area contributed by atoms with Crippen LogP contribution in [0.25, 0.3) is 22.6 Å². The van der Waals surface area contributed by atoms with Crippen molar-refractivity contribution in [3.8, 4) is 11.5 Å². The summed E-state index contributed by atoms with van der Waals surface area (Å²) in [4.78, 5) is 15.3. The maximum atomic E-state index is 13.0. The van der Waals surface area contributed by atoms with Crippen LogP contribution in [0.5, 0.6) is 0 Å². The van der Waals surface area contributed by atoms with Crippen molar-refractivity contribution >= 4 is 26.9 Å². The molecule has 3 aromatic heterocycles. The standard InChI is InChI=1S/C19H27N5O3S/c1-3-4-5-6-7-8-10-13(2)28(25,26)19-22-16-15(14-11-9-12-27-14)21-18(20)23-17(16)24-19/h9,11-13H,3-8,10H2,1-2H3,(H3,20,21,22,23,24). The van der Waals surface area contributed by atoms with Crippen LogP contribution in [0.1, 0.15) is 58.8 Å². The number of nitrogens with two attached hydrogens (primary N) is 1. The Labute approximate surface area is 164 Å². The van der Waals surface area contributed by atoms with E-state index in [4.69, 9.17) is 10.2 Å². The summed E-state index contributed by atoms with van der Waals surface area (Å²) in [6.07, 6.45) is 8.82. The maximum Gasteiger partial charge on any atom is 0.227 e. The summed E-state index contributed by atoms with van der Waals surface area (Å²) in [5, 5.41) is -0.634. The van der Waals surface area contributed by atoms with E-state index < -0.39 is 15.1 Å². The number of nitrogens with zero attached hydrogens (tertiary/aromatic N) is 3. The van der Waals surface area contributed by atoms with Crippen LogP contribution < -0.4 is 5.73 Å². The third-order valence-corrected chi connectivity index (χ3v) is 6.89. The summed E-state index contributed by atoms with van der Waals surface area (Å²) in [6.45, 7) is 3.90. The van der Waals surface area contributed by atoms with E-state index in [0.29, 0.717) is 23.4 Å². The third kappa shape index (κ3) is 4.35. The van der Waals surface area contributed by atoms with Crippen molar-refractivity contribution in [2.24, 2.45) is 0 Å². The number of hydrogen-bond donors (Lipinski definition) is 2. The summed E-state index contributed by atoms with van der Waals surface area (Å²) in [7, 11) is -3.60. The molecule has 0 radical (unpaired) electrons. The van der Waals surface area contributed by atoms with Gasteiger partial charge in [-0.25, -0.2) is 13.4 Å². The van der Waals surface area contributed by atoms with Crippen LogP contribution in [-0.4, -0.2) is 33.6 Å². The molecule has 0 aliphatic heterocycles. The maximum absolute atomic E-state index is 13.0. The topological polar surface area (TPSA) is 128 Å². The Morgan fingerprint density at radius 3 is 2.61 bits per heavy atom. The zero-order valence-electron chi connectivity index (χ0n) is 16.3. The van der Waals surface area contributed by atoms with Gasteiger partial charge in [-0.15, -0.1) is 0 Å². The number of anilines is 1. The Kier molecular flexibility index (Phi) is 6.33. The highest BCUT2D eigenvalue weighted by Gasteiger charge is 2.28. The molecule has 1 unspecified atom stereocenters. The van der Waals surface area contributed by atoms with Crippen molar-refractivity contribution in [2.75, 3.05) is 5.73 Å². The Bertz CT molecular complexity index is 1010. The van der Waals surface area contributed by atoms with Gasteiger partial charge < -0.3 is 15.1 Å². The lowest BCUT2D eigenvalue weighted by Crippen LogP contribution is -2.19. The van der Waals surface area contributed by atoms with Gasteiger partial charge in [0.05, 0.1) is 11.5 Å². The van der Waals surface area contributed by atoms with E-state index in [2.05, 4.69) is 26.9 Å². The molecule has 3 N–H and O–H groups in total. The first-order chi connectivity index (χ1) is 13.4. The van der Waals surface area contributed by atoms with Crippen molar-refractivity contribution in [2.45, 2.75) is 69.2 Å². The van der Waals surface area contributed by atoms with E-state index in [1.807, 2.05) is 0 Å². The first-order valence-electron chi connectivity index (χ1n) is 9.74. The van der Waals surface area contributed by atoms with Gasteiger partial charge in [0.15, 0.2) is 11.4 Å². The number of rotatable bonds is 10. The molecule has 0 amide bonds. The molecule has 3 rings (SSSR count). The number of nitrogens with one attached hydrogen (secondary N) is 1. The highest BCUT2D eigenvalue weighted by Crippen LogP contribution is 2.28. The molecule has 0 bridgehead atoms. The van der Waals surface area contributed by atoms with Crippen LogP contribution in [0, 0.1) is 0 Å². The minimum absolute atomic E-state index is 0.00877. The molecular weight excluding hydrogens is 378 g/mol. The Morgan fingerprint density at radius 1 is 1.14 bits per heavy atom. The second kappa shape index (κ2) is 8.72. The molecule has 3 aromatic rings. The van der Waals surface area contributed by atoms with E-state index in [1.165, 1.54) is 25.5 Å². The van der Waals surface area contributed by atoms with Gasteiger partial charge in [-0.05, 0) is 25.5 Å². The minimum Gasteiger partial charge on any atom is -0.463 e. The fourth-order valence-corrected chi connectivity index (χ4v) is 4.49. The number of imidazole rings is 1. The molecule has 8 nitrogen and oxygen atoms in total. The minimum atomic E-state index is -3.60. The fraction of sp³-hybridized carbons (Fsp3) is 0.526. The van der Waals surface area contributed by atoms with Crippen LogP contribution in [0.2, 0.25) is 0 Å². The zero-order valence-corrected chi connectivity index (χ0v) is 17.1. The van der Waals surface area contributed by atoms with E-state index in [1.54, 1.807) is 19.1 Å². The monoisotopic (exact) mass is 405 g/mol. The molecule has 0 aliphatic carbocycles. The lowest BCUT2D eigenvalue weighted by Gasteiger charge is -2.10. The normalized spacial score (nSPS) is 13.2. The molecule has 152 valence electrons. The summed E-state index contributed by atoms with van der Waals surface area (Å²) >= 11 is 0. The van der Waals surface area contributed by atoms with Gasteiger partial charge in [-0.1, -0.05) is 45.4 Å². The lowest BCUT2D eigenvalue weighted by atomic mass is 10.1. The Morgan fingerprint density at radius 2 is 1.89 bits per heavy atom. The first-order valence-corrected chi connectivity index (χ1v) is 11.3. The summed E-state index contributed by atoms with van der Waals surface area (Å²) in [6, 6.07) is 3.44. The number of aromatic amines is 1. The second-order valence-corrected chi connectivity index (χ2v) is 9.34. The highest BCUT2D eigenvalue weighted by atomic mass is 32.2. The van der Waals surface area contributed by atoms with Gasteiger partial charge in [-0.3, -0.25) is 0 Å². The fourth-order valence-electron chi connectivity index (χ4n) is 3.18. The predicted octanol–water partition coefficient (Wildman–Crippen LogP) is 4.11. The van der Waals surface area contributed by atoms with Gasteiger partial charge >= 0.3 is 0 Å². The van der Waals surface area contributed by atoms with Crippen LogP contribution in [0.15, 0.2) is 28.0 Å². The third-order valence-electron chi connectivity index (χ3n) is 4.86. The van der Waals surface area contributed by atoms with E-state index in [0.717, 1.165) is 19.3 Å². The van der Waals surface area contributed by atoms with Crippen molar-refractivity contribution in [3.05, 3.63) is 18.4 Å². The van der Waals surface area contributed by atoms with Crippen molar-refractivity contribution in [3.63, 3.8) is 0 Å². The summed E-state index contributed by atoms with van der Waals surface area (Å²) in [5.74, 6) is 0.473. The number of furan rings is 1. The van der Waals surface area contributed by atoms with Gasteiger partial charge in [0.1, 0.15) is 11.2 Å². The summed E-state index contributed by atoms with van der Waals surface area (Å²) < 4.78 is 31.3. The molecule has 0 saturated heterocycles. The molecule has 0 fully saturated rings. The average molecular weight is 406 g/mol. The van der Waals surface area contributed by atoms with Crippen LogP contribution in [-0.2, 0) is 9.84 Å². The predicted molar refractivity (Wildman–Crippen MR) is 108 cm³/mol. The van der Waals surface area contributed by atoms with Gasteiger partial charge in [0, 0.05) is 0 Å². The average Bonchev–Trinajstić information content (AvgIpc) is 3.33. The molecule has 0 spiro atoms. The van der Waals surface area contributed by atoms with Crippen LogP contribution >= 0.6 is 0 Å². The molecule has 0 saturated carbocycles. The highest BCUT2D eigenvalue weighted by molar-refractivity contribution is 7.91. The van der Waals surface area contributed by atoms with Gasteiger partial charge in [0.25, 0.3) is 0 Å². The number of H-pyrrole nitrogens is 1. The Balaban J connectivity index is 1.79. The van der Waals surface area contributed by atoms with Crippen LogP contribution in [0.4, 0.5) is 5.95 Å². The SMILES string of the molecule is CCCCCCCCC(C)S(=O)(=O)c1nc2nc(N)nc(-c3ccco3)c2[nH]1. The van der Waals surface area contributed by atoms with Crippen molar-refractivity contribution in [1.82, 2.24) is 19.9 Å². The molecular formula is C19H27N5O3S. The van der Waals surface area contributed by atoms with Crippen molar-refractivity contribution < 1.29 is 12.8 Å². The molecule has 3 heterocycles. The lowest BCUT2D eigenvalue weighted by molar-refractivity contribution is 0.550. The molecule has 9 heteroatoms. The number of hydrogen-bond acceptors (Lipinski definition) is 7. The number of unbranched alkanes of at least 4 members (excludes halogenated alkanes) is 5. The van der Waals surface area contributed by atoms with Gasteiger partial charge in [-0.2, -0.15) is 9.97 Å². The summed E-state index contributed by atoms with van der Waals surface area (Å²) in [5.41, 5.74) is 6.76. The Hall–Kier alpha value is -2.42. The molecule has 0 aromatic carbocycles. The number of sulfone groups is 1. The number of aromatic nitrogens is 4. The molecule has 28 heavy (non-hydrogen) atoms. The molecule has 0 aliphatic rings. The quantitative estimate of drug-likeness (QED) is 0.486. The number of nitrogen functional groups attached to an aromatic ring is 1. The van der Waals surface area contributed by atoms with E-state index in [-0.39, 0.29) is 16.8 Å². The first kappa shape index (κ1) is 20.3. The molecule has 1 atom stereocenters. The van der Waals surface area contributed by atoms with Gasteiger partial charge in [0.2, 0.25) is 20.9 Å².